The van der Waals surface area contributed by atoms with E-state index in [2.05, 4.69) is 9.72 Å². The van der Waals surface area contributed by atoms with Crippen molar-refractivity contribution in [1.29, 1.82) is 0 Å². The average molecular weight is 400 g/mol. The van der Waals surface area contributed by atoms with E-state index in [1.807, 2.05) is 32.9 Å². The van der Waals surface area contributed by atoms with Crippen LogP contribution in [0.5, 0.6) is 5.75 Å². The molecule has 3 rings (SSSR count). The number of hydrogen-bond acceptors (Lipinski definition) is 4. The molecule has 9 heteroatoms. The minimum absolute atomic E-state index is 0.292. The fourth-order valence-electron chi connectivity index (χ4n) is 2.36. The molecule has 0 N–H and O–H groups in total. The number of anilines is 1. The number of hydrogen-bond donors (Lipinski definition) is 0. The molecule has 1 aromatic heterocycles. The van der Waals surface area contributed by atoms with Gasteiger partial charge >= 0.3 is 12.5 Å². The predicted octanol–water partition coefficient (Wildman–Crippen LogP) is 5.10. The highest BCUT2D eigenvalue weighted by molar-refractivity contribution is 5.90. The van der Waals surface area contributed by atoms with E-state index in [4.69, 9.17) is 4.74 Å². The highest BCUT2D eigenvalue weighted by atomic mass is 19.4. The third kappa shape index (κ3) is 6.40. The van der Waals surface area contributed by atoms with E-state index in [1.54, 1.807) is 11.1 Å². The molecule has 0 aliphatic carbocycles. The van der Waals surface area contributed by atoms with Gasteiger partial charge in [-0.2, -0.15) is 0 Å². The topological polar surface area (TPSA) is 51.7 Å². The Kier molecular flexibility index (Phi) is 6.48. The first kappa shape index (κ1) is 21.5. The number of nitrogens with zero attached hydrogens (tertiary/aromatic N) is 2. The first-order valence-corrected chi connectivity index (χ1v) is 8.41. The lowest BCUT2D eigenvalue weighted by Gasteiger charge is -2.24. The zero-order valence-corrected chi connectivity index (χ0v) is 15.6. The second-order valence-corrected chi connectivity index (χ2v) is 6.83. The molecule has 1 aliphatic heterocycles. The molecule has 0 radical (unpaired) electrons. The Morgan fingerprint density at radius 3 is 2.39 bits per heavy atom. The Labute approximate surface area is 159 Å². The lowest BCUT2D eigenvalue weighted by molar-refractivity contribution is -0.275. The number of halogens is 4. The van der Waals surface area contributed by atoms with Gasteiger partial charge in [0.25, 0.3) is 0 Å². The molecule has 1 aliphatic rings. The van der Waals surface area contributed by atoms with Crippen LogP contribution in [0, 0.1) is 5.82 Å². The van der Waals surface area contributed by atoms with Crippen molar-refractivity contribution in [2.75, 3.05) is 11.4 Å². The lowest BCUT2D eigenvalue weighted by Crippen LogP contribution is -2.35. The van der Waals surface area contributed by atoms with Crippen LogP contribution in [-0.2, 0) is 11.2 Å². The van der Waals surface area contributed by atoms with Crippen molar-refractivity contribution in [2.24, 2.45) is 0 Å². The van der Waals surface area contributed by atoms with E-state index in [1.165, 1.54) is 12.1 Å². The van der Waals surface area contributed by atoms with E-state index in [-0.39, 0.29) is 6.09 Å². The first-order valence-electron chi connectivity index (χ1n) is 8.41. The molecule has 0 spiro atoms. The maximum absolute atomic E-state index is 12.5. The van der Waals surface area contributed by atoms with Gasteiger partial charge in [0.05, 0.1) is 11.4 Å². The molecule has 0 saturated heterocycles. The molecule has 28 heavy (non-hydrogen) atoms. The summed E-state index contributed by atoms with van der Waals surface area (Å²) in [5.74, 6) is -1.85. The summed E-state index contributed by atoms with van der Waals surface area (Å²) in [6, 6.07) is 8.06. The van der Waals surface area contributed by atoms with Crippen LogP contribution < -0.4 is 9.64 Å². The molecule has 2 aromatic rings. The first-order chi connectivity index (χ1) is 13.0. The Bertz CT molecular complexity index is 819. The molecule has 152 valence electrons. The Morgan fingerprint density at radius 2 is 1.79 bits per heavy atom. The average Bonchev–Trinajstić information content (AvgIpc) is 2.99. The molecule has 0 saturated carbocycles. The Balaban J connectivity index is 0.000000209. The van der Waals surface area contributed by atoms with Gasteiger partial charge < -0.3 is 9.47 Å². The van der Waals surface area contributed by atoms with Gasteiger partial charge in [0.15, 0.2) is 11.6 Å². The van der Waals surface area contributed by atoms with Crippen molar-refractivity contribution in [3.05, 3.63) is 54.1 Å². The van der Waals surface area contributed by atoms with Crippen LogP contribution in [0.25, 0.3) is 0 Å². The zero-order valence-electron chi connectivity index (χ0n) is 15.6. The van der Waals surface area contributed by atoms with E-state index < -0.39 is 23.5 Å². The van der Waals surface area contributed by atoms with Crippen LogP contribution in [0.1, 0.15) is 26.5 Å². The molecule has 0 fully saturated rings. The summed E-state index contributed by atoms with van der Waals surface area (Å²) in [6.45, 7) is 6.25. The quantitative estimate of drug-likeness (QED) is 0.625. The summed E-state index contributed by atoms with van der Waals surface area (Å²) >= 11 is 0. The summed E-state index contributed by atoms with van der Waals surface area (Å²) in [5, 5.41) is 0. The third-order valence-electron chi connectivity index (χ3n) is 3.41. The van der Waals surface area contributed by atoms with Crippen molar-refractivity contribution in [2.45, 2.75) is 39.2 Å². The monoisotopic (exact) mass is 400 g/mol. The predicted molar refractivity (Wildman–Crippen MR) is 94.6 cm³/mol. The Morgan fingerprint density at radius 1 is 1.11 bits per heavy atom. The summed E-state index contributed by atoms with van der Waals surface area (Å²) in [5.41, 5.74) is 1.38. The van der Waals surface area contributed by atoms with E-state index in [0.717, 1.165) is 29.9 Å². The number of carbonyl (C=O) groups is 1. The maximum atomic E-state index is 12.5. The fraction of sp³-hybridized carbons (Fsp3) is 0.368. The smallest absolute Gasteiger partial charge is 0.443 e. The van der Waals surface area contributed by atoms with Crippen LogP contribution in [0.2, 0.25) is 0 Å². The largest absolute Gasteiger partial charge is 0.573 e. The number of ether oxygens (including phenoxy) is 2. The molecular weight excluding hydrogens is 380 g/mol. The summed E-state index contributed by atoms with van der Waals surface area (Å²) < 4.78 is 55.8. The second kappa shape index (κ2) is 8.45. The summed E-state index contributed by atoms with van der Waals surface area (Å²) in [6.07, 6.45) is -2.59. The number of aromatic nitrogens is 1. The minimum atomic E-state index is -4.85. The molecule has 1 aromatic carbocycles. The van der Waals surface area contributed by atoms with Gasteiger partial charge in [0.2, 0.25) is 0 Å². The molecule has 0 atom stereocenters. The molecule has 2 heterocycles. The van der Waals surface area contributed by atoms with Crippen LogP contribution in [0.15, 0.2) is 42.6 Å². The SMILES string of the molecule is CC(C)(C)OC(=O)N1CCc2ncccc21.Fc1ccccc1OC(F)(F)F. The fourth-order valence-corrected chi connectivity index (χ4v) is 2.36. The molecule has 0 bridgehead atoms. The standard InChI is InChI=1S/C12H16N2O2.C7H4F4O/c1-12(2,3)16-11(15)14-8-6-9-10(14)5-4-7-13-9;8-5-3-1-2-4-6(5)12-7(9,10)11/h4-5,7H,6,8H2,1-3H3;1-4H. The number of para-hydroxylation sites is 1. The van der Waals surface area contributed by atoms with E-state index >= 15 is 0 Å². The van der Waals surface area contributed by atoms with Gasteiger partial charge in [-0.25, -0.2) is 9.18 Å². The van der Waals surface area contributed by atoms with E-state index in [9.17, 15) is 22.4 Å². The second-order valence-electron chi connectivity index (χ2n) is 6.83. The van der Waals surface area contributed by atoms with Crippen LogP contribution in [0.4, 0.5) is 28.0 Å². The van der Waals surface area contributed by atoms with Gasteiger partial charge in [0.1, 0.15) is 5.60 Å². The van der Waals surface area contributed by atoms with Gasteiger partial charge in [-0.3, -0.25) is 9.88 Å². The Hall–Kier alpha value is -2.84. The number of alkyl halides is 3. The normalized spacial score (nSPS) is 13.3. The minimum Gasteiger partial charge on any atom is -0.443 e. The van der Waals surface area contributed by atoms with Gasteiger partial charge in [-0.15, -0.1) is 13.2 Å². The van der Waals surface area contributed by atoms with Gasteiger partial charge in [-0.05, 0) is 45.0 Å². The number of amides is 1. The highest BCUT2D eigenvalue weighted by Crippen LogP contribution is 2.27. The van der Waals surface area contributed by atoms with Crippen molar-refractivity contribution in [3.63, 3.8) is 0 Å². The zero-order chi connectivity index (χ0) is 20.9. The van der Waals surface area contributed by atoms with Crippen molar-refractivity contribution in [1.82, 2.24) is 4.98 Å². The van der Waals surface area contributed by atoms with Crippen LogP contribution in [0.3, 0.4) is 0 Å². The number of fused-ring (bicyclic) bond motifs is 1. The molecule has 0 unspecified atom stereocenters. The van der Waals surface area contributed by atoms with Gasteiger partial charge in [-0.1, -0.05) is 12.1 Å². The van der Waals surface area contributed by atoms with Crippen molar-refractivity contribution < 1.29 is 31.8 Å². The van der Waals surface area contributed by atoms with Crippen LogP contribution in [-0.4, -0.2) is 29.6 Å². The molecular formula is C19H20F4N2O3. The number of carbonyl (C=O) groups excluding carboxylic acids is 1. The van der Waals surface area contributed by atoms with Gasteiger partial charge in [0, 0.05) is 19.2 Å². The number of benzene rings is 1. The van der Waals surface area contributed by atoms with Crippen LogP contribution >= 0.6 is 0 Å². The molecule has 1 amide bonds. The molecule has 5 nitrogen and oxygen atoms in total. The highest BCUT2D eigenvalue weighted by Gasteiger charge is 2.32. The third-order valence-corrected chi connectivity index (χ3v) is 3.41. The maximum Gasteiger partial charge on any atom is 0.573 e. The summed E-state index contributed by atoms with van der Waals surface area (Å²) in [4.78, 5) is 17.8. The lowest BCUT2D eigenvalue weighted by atomic mass is 10.2. The van der Waals surface area contributed by atoms with Crippen molar-refractivity contribution >= 4 is 11.8 Å². The summed E-state index contributed by atoms with van der Waals surface area (Å²) in [7, 11) is 0. The van der Waals surface area contributed by atoms with Crippen molar-refractivity contribution in [3.8, 4) is 5.75 Å². The number of rotatable bonds is 1. The number of pyridine rings is 1. The van der Waals surface area contributed by atoms with E-state index in [0.29, 0.717) is 6.54 Å².